The third-order valence-electron chi connectivity index (χ3n) is 2.64. The molecule has 0 unspecified atom stereocenters. The fourth-order valence-electron chi connectivity index (χ4n) is 1.68. The van der Waals surface area contributed by atoms with E-state index in [1.165, 1.54) is 0 Å². The van der Waals surface area contributed by atoms with Gasteiger partial charge < -0.3 is 0 Å². The molecule has 0 fully saturated rings. The minimum atomic E-state index is -3.21. The highest BCUT2D eigenvalue weighted by molar-refractivity contribution is 7.91. The standard InChI is InChI=1S/C12H14N2O2S/c1-10-4-2-3-5-12(10)17(15,16)7-6-11-8-13-14-9-11/h2-5,8-9H,6-7H2,1H3,(H,13,14). The first kappa shape index (κ1) is 11.9. The van der Waals surface area contributed by atoms with Gasteiger partial charge in [-0.15, -0.1) is 0 Å². The monoisotopic (exact) mass is 250 g/mol. The van der Waals surface area contributed by atoms with Crippen molar-refractivity contribution in [1.29, 1.82) is 0 Å². The summed E-state index contributed by atoms with van der Waals surface area (Å²) < 4.78 is 24.2. The van der Waals surface area contributed by atoms with Crippen LogP contribution >= 0.6 is 0 Å². The summed E-state index contributed by atoms with van der Waals surface area (Å²) in [5.41, 5.74) is 1.70. The van der Waals surface area contributed by atoms with Gasteiger partial charge in [0.05, 0.1) is 16.8 Å². The van der Waals surface area contributed by atoms with Crippen molar-refractivity contribution in [2.75, 3.05) is 5.75 Å². The Kier molecular flexibility index (Phi) is 3.28. The Bertz CT molecular complexity index is 589. The number of hydrogen-bond acceptors (Lipinski definition) is 3. The zero-order valence-corrected chi connectivity index (χ0v) is 10.4. The number of aromatic amines is 1. The van der Waals surface area contributed by atoms with E-state index < -0.39 is 9.84 Å². The van der Waals surface area contributed by atoms with E-state index in [9.17, 15) is 8.42 Å². The van der Waals surface area contributed by atoms with Gasteiger partial charge in [-0.25, -0.2) is 8.42 Å². The smallest absolute Gasteiger partial charge is 0.178 e. The molecule has 0 amide bonds. The summed E-state index contributed by atoms with van der Waals surface area (Å²) in [6.07, 6.45) is 3.84. The number of hydrogen-bond donors (Lipinski definition) is 1. The number of nitrogens with zero attached hydrogens (tertiary/aromatic N) is 1. The summed E-state index contributed by atoms with van der Waals surface area (Å²) in [6.45, 7) is 1.81. The molecule has 0 aliphatic carbocycles. The lowest BCUT2D eigenvalue weighted by Crippen LogP contribution is -2.10. The van der Waals surface area contributed by atoms with Crippen LogP contribution in [0.4, 0.5) is 0 Å². The van der Waals surface area contributed by atoms with Crippen LogP contribution in [0.3, 0.4) is 0 Å². The maximum atomic E-state index is 12.1. The van der Waals surface area contributed by atoms with Crippen molar-refractivity contribution in [2.24, 2.45) is 0 Å². The van der Waals surface area contributed by atoms with Crippen LogP contribution in [0.1, 0.15) is 11.1 Å². The topological polar surface area (TPSA) is 62.8 Å². The van der Waals surface area contributed by atoms with Gasteiger partial charge in [0.25, 0.3) is 0 Å². The maximum absolute atomic E-state index is 12.1. The lowest BCUT2D eigenvalue weighted by atomic mass is 10.2. The van der Waals surface area contributed by atoms with Crippen molar-refractivity contribution in [1.82, 2.24) is 10.2 Å². The molecule has 0 spiro atoms. The van der Waals surface area contributed by atoms with Crippen molar-refractivity contribution in [3.05, 3.63) is 47.8 Å². The van der Waals surface area contributed by atoms with Gasteiger partial charge in [-0.05, 0) is 30.5 Å². The molecule has 5 heteroatoms. The Labute approximate surface area is 101 Å². The lowest BCUT2D eigenvalue weighted by Gasteiger charge is -2.06. The predicted octanol–water partition coefficient (Wildman–Crippen LogP) is 1.73. The number of benzene rings is 1. The second-order valence-corrected chi connectivity index (χ2v) is 6.02. The molecule has 1 N–H and O–H groups in total. The summed E-state index contributed by atoms with van der Waals surface area (Å²) in [5, 5.41) is 6.47. The molecular weight excluding hydrogens is 236 g/mol. The summed E-state index contributed by atoms with van der Waals surface area (Å²) >= 11 is 0. The number of rotatable bonds is 4. The summed E-state index contributed by atoms with van der Waals surface area (Å²) in [6, 6.07) is 7.05. The van der Waals surface area contributed by atoms with Crippen LogP contribution < -0.4 is 0 Å². The van der Waals surface area contributed by atoms with E-state index in [0.717, 1.165) is 11.1 Å². The highest BCUT2D eigenvalue weighted by atomic mass is 32.2. The molecule has 4 nitrogen and oxygen atoms in total. The van der Waals surface area contributed by atoms with Crippen LogP contribution in [0.15, 0.2) is 41.6 Å². The first-order chi connectivity index (χ1) is 8.09. The van der Waals surface area contributed by atoms with Crippen LogP contribution in [-0.4, -0.2) is 24.4 Å². The number of aryl methyl sites for hydroxylation is 2. The van der Waals surface area contributed by atoms with E-state index >= 15 is 0 Å². The van der Waals surface area contributed by atoms with Crippen LogP contribution in [0, 0.1) is 6.92 Å². The van der Waals surface area contributed by atoms with Gasteiger partial charge in [0.2, 0.25) is 0 Å². The predicted molar refractivity (Wildman–Crippen MR) is 65.5 cm³/mol. The zero-order chi connectivity index (χ0) is 12.3. The summed E-state index contributed by atoms with van der Waals surface area (Å²) in [5.74, 6) is 0.109. The van der Waals surface area contributed by atoms with E-state index in [-0.39, 0.29) is 5.75 Å². The molecule has 0 aliphatic heterocycles. The third kappa shape index (κ3) is 2.74. The maximum Gasteiger partial charge on any atom is 0.178 e. The molecule has 17 heavy (non-hydrogen) atoms. The summed E-state index contributed by atoms with van der Waals surface area (Å²) in [4.78, 5) is 0.420. The van der Waals surface area contributed by atoms with Crippen LogP contribution in [0.2, 0.25) is 0 Å². The van der Waals surface area contributed by atoms with E-state index in [1.54, 1.807) is 24.5 Å². The van der Waals surface area contributed by atoms with E-state index in [2.05, 4.69) is 10.2 Å². The van der Waals surface area contributed by atoms with Crippen molar-refractivity contribution in [3.63, 3.8) is 0 Å². The average Bonchev–Trinajstić information content (AvgIpc) is 2.80. The van der Waals surface area contributed by atoms with Gasteiger partial charge in [-0.1, -0.05) is 18.2 Å². The molecule has 0 saturated carbocycles. The molecule has 0 aliphatic rings. The Morgan fingerprint density at radius 2 is 2.06 bits per heavy atom. The molecule has 1 aromatic heterocycles. The molecule has 2 aromatic rings. The molecule has 1 aromatic carbocycles. The Hall–Kier alpha value is -1.62. The number of H-pyrrole nitrogens is 1. The van der Waals surface area contributed by atoms with E-state index in [1.807, 2.05) is 19.1 Å². The van der Waals surface area contributed by atoms with Gasteiger partial charge in [0, 0.05) is 6.20 Å². The average molecular weight is 250 g/mol. The lowest BCUT2D eigenvalue weighted by molar-refractivity contribution is 0.594. The zero-order valence-electron chi connectivity index (χ0n) is 9.55. The van der Waals surface area contributed by atoms with Crippen molar-refractivity contribution < 1.29 is 8.42 Å². The molecule has 0 saturated heterocycles. The molecular formula is C12H14N2O2S. The minimum absolute atomic E-state index is 0.109. The van der Waals surface area contributed by atoms with Crippen LogP contribution in [0.5, 0.6) is 0 Å². The Morgan fingerprint density at radius 1 is 1.29 bits per heavy atom. The molecule has 1 heterocycles. The van der Waals surface area contributed by atoms with Gasteiger partial charge in [0.15, 0.2) is 9.84 Å². The summed E-state index contributed by atoms with van der Waals surface area (Å²) in [7, 11) is -3.21. The van der Waals surface area contributed by atoms with E-state index in [4.69, 9.17) is 0 Å². The fraction of sp³-hybridized carbons (Fsp3) is 0.250. The molecule has 2 rings (SSSR count). The highest BCUT2D eigenvalue weighted by Crippen LogP contribution is 2.16. The quantitative estimate of drug-likeness (QED) is 0.899. The number of aromatic nitrogens is 2. The van der Waals surface area contributed by atoms with Crippen molar-refractivity contribution >= 4 is 9.84 Å². The third-order valence-corrected chi connectivity index (χ3v) is 4.51. The van der Waals surface area contributed by atoms with Crippen molar-refractivity contribution in [3.8, 4) is 0 Å². The normalized spacial score (nSPS) is 11.6. The minimum Gasteiger partial charge on any atom is -0.285 e. The Balaban J connectivity index is 2.17. The second kappa shape index (κ2) is 4.71. The molecule has 0 atom stereocenters. The Morgan fingerprint density at radius 3 is 2.71 bits per heavy atom. The SMILES string of the molecule is Cc1ccccc1S(=O)(=O)CCc1cn[nH]c1. The molecule has 0 radical (unpaired) electrons. The van der Waals surface area contributed by atoms with Crippen molar-refractivity contribution in [2.45, 2.75) is 18.2 Å². The largest absolute Gasteiger partial charge is 0.285 e. The fourth-order valence-corrected chi connectivity index (χ4v) is 3.25. The first-order valence-corrected chi connectivity index (χ1v) is 7.01. The van der Waals surface area contributed by atoms with Gasteiger partial charge in [0.1, 0.15) is 0 Å². The number of sulfone groups is 1. The van der Waals surface area contributed by atoms with Crippen LogP contribution in [0.25, 0.3) is 0 Å². The van der Waals surface area contributed by atoms with E-state index in [0.29, 0.717) is 11.3 Å². The van der Waals surface area contributed by atoms with Crippen LogP contribution in [-0.2, 0) is 16.3 Å². The van der Waals surface area contributed by atoms with Gasteiger partial charge >= 0.3 is 0 Å². The first-order valence-electron chi connectivity index (χ1n) is 5.35. The molecule has 0 bridgehead atoms. The second-order valence-electron chi connectivity index (χ2n) is 3.94. The highest BCUT2D eigenvalue weighted by Gasteiger charge is 2.16. The van der Waals surface area contributed by atoms with Gasteiger partial charge in [-0.3, -0.25) is 5.10 Å². The molecule has 90 valence electrons. The number of nitrogens with one attached hydrogen (secondary N) is 1. The van der Waals surface area contributed by atoms with Gasteiger partial charge in [-0.2, -0.15) is 5.10 Å².